The Morgan fingerprint density at radius 1 is 1.19 bits per heavy atom. The zero-order valence-electron chi connectivity index (χ0n) is 11.9. The van der Waals surface area contributed by atoms with Gasteiger partial charge >= 0.3 is 5.97 Å². The van der Waals surface area contributed by atoms with Crippen molar-refractivity contribution in [2.45, 2.75) is 32.2 Å². The highest BCUT2D eigenvalue weighted by Gasteiger charge is 2.14. The fourth-order valence-electron chi connectivity index (χ4n) is 2.32. The number of hydrogen-bond acceptors (Lipinski definition) is 6. The van der Waals surface area contributed by atoms with E-state index in [-0.39, 0.29) is 6.42 Å². The Labute approximate surface area is 122 Å². The van der Waals surface area contributed by atoms with E-state index in [1.807, 2.05) is 0 Å². The van der Waals surface area contributed by atoms with Gasteiger partial charge in [-0.3, -0.25) is 9.59 Å². The van der Waals surface area contributed by atoms with Crippen LogP contribution in [0.1, 0.15) is 25.1 Å². The van der Waals surface area contributed by atoms with Gasteiger partial charge in [-0.2, -0.15) is 0 Å². The van der Waals surface area contributed by atoms with Crippen LogP contribution in [0.5, 0.6) is 0 Å². The maximum absolute atomic E-state index is 11.6. The van der Waals surface area contributed by atoms with Gasteiger partial charge in [0.15, 0.2) is 5.82 Å². The van der Waals surface area contributed by atoms with Crippen molar-refractivity contribution in [2.75, 3.05) is 26.2 Å². The highest BCUT2D eigenvalue weighted by molar-refractivity contribution is 5.82. The van der Waals surface area contributed by atoms with Crippen molar-refractivity contribution in [1.29, 1.82) is 0 Å². The van der Waals surface area contributed by atoms with Crippen LogP contribution in [0.4, 0.5) is 0 Å². The third-order valence-electron chi connectivity index (χ3n) is 3.44. The number of carbonyl (C=O) groups excluding carboxylic acids is 1. The lowest BCUT2D eigenvalue weighted by Gasteiger charge is -2.26. The van der Waals surface area contributed by atoms with Gasteiger partial charge in [-0.25, -0.2) is 4.68 Å². The van der Waals surface area contributed by atoms with E-state index in [4.69, 9.17) is 5.11 Å². The first-order chi connectivity index (χ1) is 10.1. The van der Waals surface area contributed by atoms with Crippen LogP contribution in [0.15, 0.2) is 0 Å². The normalized spacial score (nSPS) is 15.8. The smallest absolute Gasteiger partial charge is 0.322 e. The molecule has 0 aliphatic carbocycles. The molecule has 1 fully saturated rings. The van der Waals surface area contributed by atoms with E-state index >= 15 is 0 Å². The lowest BCUT2D eigenvalue weighted by Crippen LogP contribution is -2.34. The molecule has 21 heavy (non-hydrogen) atoms. The van der Waals surface area contributed by atoms with Crippen molar-refractivity contribution in [3.05, 3.63) is 5.82 Å². The number of nitrogens with zero attached hydrogens (tertiary/aromatic N) is 5. The van der Waals surface area contributed by atoms with Gasteiger partial charge in [0.05, 0.1) is 13.0 Å². The summed E-state index contributed by atoms with van der Waals surface area (Å²) in [5, 5.41) is 22.1. The second kappa shape index (κ2) is 7.67. The van der Waals surface area contributed by atoms with Crippen LogP contribution < -0.4 is 5.32 Å². The molecule has 0 bridgehead atoms. The number of carbonyl (C=O) groups is 2. The average molecular weight is 296 g/mol. The molecule has 116 valence electrons. The quantitative estimate of drug-likeness (QED) is 0.656. The van der Waals surface area contributed by atoms with Gasteiger partial charge in [0, 0.05) is 6.54 Å². The van der Waals surface area contributed by atoms with Crippen LogP contribution in [0.25, 0.3) is 0 Å². The molecule has 2 heterocycles. The van der Waals surface area contributed by atoms with Crippen LogP contribution in [0, 0.1) is 0 Å². The summed E-state index contributed by atoms with van der Waals surface area (Å²) in [4.78, 5) is 24.3. The Morgan fingerprint density at radius 2 is 1.95 bits per heavy atom. The number of rotatable bonds is 7. The van der Waals surface area contributed by atoms with Gasteiger partial charge in [-0.05, 0) is 36.4 Å². The van der Waals surface area contributed by atoms with Crippen LogP contribution in [-0.4, -0.2) is 68.3 Å². The summed E-state index contributed by atoms with van der Waals surface area (Å²) in [6, 6.07) is 0. The minimum absolute atomic E-state index is 0.0136. The Kier molecular flexibility index (Phi) is 5.61. The molecule has 2 rings (SSSR count). The van der Waals surface area contributed by atoms with Gasteiger partial charge in [0.1, 0.15) is 6.54 Å². The third kappa shape index (κ3) is 5.10. The molecule has 0 unspecified atom stereocenters. The first-order valence-electron chi connectivity index (χ1n) is 7.11. The van der Waals surface area contributed by atoms with Crippen LogP contribution in [-0.2, 0) is 22.6 Å². The monoisotopic (exact) mass is 296 g/mol. The van der Waals surface area contributed by atoms with Crippen LogP contribution in [0.2, 0.25) is 0 Å². The minimum Gasteiger partial charge on any atom is -0.480 e. The maximum Gasteiger partial charge on any atom is 0.322 e. The van der Waals surface area contributed by atoms with Crippen molar-refractivity contribution in [1.82, 2.24) is 30.4 Å². The predicted molar refractivity (Wildman–Crippen MR) is 72.5 cm³/mol. The molecule has 0 atom stereocenters. The molecule has 9 nitrogen and oxygen atoms in total. The molecular formula is C12H20N6O3. The van der Waals surface area contributed by atoms with E-state index in [0.29, 0.717) is 12.4 Å². The zero-order chi connectivity index (χ0) is 15.1. The van der Waals surface area contributed by atoms with E-state index in [2.05, 4.69) is 25.7 Å². The molecule has 0 radical (unpaired) electrons. The molecule has 1 aromatic rings. The number of piperidine rings is 1. The van der Waals surface area contributed by atoms with E-state index < -0.39 is 18.4 Å². The molecule has 0 saturated carbocycles. The summed E-state index contributed by atoms with van der Waals surface area (Å²) in [6.45, 7) is 3.28. The van der Waals surface area contributed by atoms with Crippen molar-refractivity contribution in [2.24, 2.45) is 0 Å². The summed E-state index contributed by atoms with van der Waals surface area (Å²) in [5.41, 5.74) is 0. The molecule has 1 amide bonds. The van der Waals surface area contributed by atoms with Crippen molar-refractivity contribution in [3.63, 3.8) is 0 Å². The average Bonchev–Trinajstić information content (AvgIpc) is 2.91. The van der Waals surface area contributed by atoms with Crippen LogP contribution in [0.3, 0.4) is 0 Å². The van der Waals surface area contributed by atoms with E-state index in [1.165, 1.54) is 19.3 Å². The van der Waals surface area contributed by atoms with Gasteiger partial charge in [0.2, 0.25) is 5.91 Å². The zero-order valence-corrected chi connectivity index (χ0v) is 11.9. The number of carboxylic acids is 1. The molecule has 9 heteroatoms. The first-order valence-corrected chi connectivity index (χ1v) is 7.11. The Hall–Kier alpha value is -2.03. The van der Waals surface area contributed by atoms with Crippen molar-refractivity contribution in [3.8, 4) is 0 Å². The second-order valence-corrected chi connectivity index (χ2v) is 5.07. The number of likely N-dealkylation sites (tertiary alicyclic amines) is 1. The molecular weight excluding hydrogens is 276 g/mol. The van der Waals surface area contributed by atoms with Crippen LogP contribution >= 0.6 is 0 Å². The minimum atomic E-state index is -1.08. The standard InChI is InChI=1S/C12H20N6O3/c19-11(13-9-12(20)21)8-10-14-15-16-18(10)7-6-17-4-2-1-3-5-17/h1-9H2,(H,13,19)(H,20,21). The van der Waals surface area contributed by atoms with E-state index in [0.717, 1.165) is 19.6 Å². The Morgan fingerprint density at radius 3 is 2.67 bits per heavy atom. The number of tetrazole rings is 1. The van der Waals surface area contributed by atoms with Gasteiger partial charge in [0.25, 0.3) is 0 Å². The lowest BCUT2D eigenvalue weighted by atomic mass is 10.1. The Balaban J connectivity index is 1.80. The number of aromatic nitrogens is 4. The number of aliphatic carboxylic acids is 1. The SMILES string of the molecule is O=C(O)CNC(=O)Cc1nnnn1CCN1CCCCC1. The molecule has 1 aliphatic heterocycles. The van der Waals surface area contributed by atoms with E-state index in [9.17, 15) is 9.59 Å². The highest BCUT2D eigenvalue weighted by Crippen LogP contribution is 2.08. The highest BCUT2D eigenvalue weighted by atomic mass is 16.4. The Bertz CT molecular complexity index is 483. The summed E-state index contributed by atoms with van der Waals surface area (Å²) < 4.78 is 1.61. The molecule has 1 aromatic heterocycles. The first kappa shape index (κ1) is 15.4. The van der Waals surface area contributed by atoms with Crippen molar-refractivity contribution >= 4 is 11.9 Å². The number of carboxylic acid groups (broad SMARTS) is 1. The van der Waals surface area contributed by atoms with Gasteiger partial charge in [-0.1, -0.05) is 6.42 Å². The van der Waals surface area contributed by atoms with Crippen molar-refractivity contribution < 1.29 is 14.7 Å². The van der Waals surface area contributed by atoms with Gasteiger partial charge < -0.3 is 15.3 Å². The number of hydrogen-bond donors (Lipinski definition) is 2. The number of amides is 1. The molecule has 2 N–H and O–H groups in total. The molecule has 0 aromatic carbocycles. The summed E-state index contributed by atoms with van der Waals surface area (Å²) in [5.74, 6) is -1.02. The largest absolute Gasteiger partial charge is 0.480 e. The summed E-state index contributed by atoms with van der Waals surface area (Å²) in [6.07, 6.45) is 3.72. The lowest BCUT2D eigenvalue weighted by molar-refractivity contribution is -0.137. The second-order valence-electron chi connectivity index (χ2n) is 5.07. The maximum atomic E-state index is 11.6. The topological polar surface area (TPSA) is 113 Å². The fraction of sp³-hybridized carbons (Fsp3) is 0.750. The molecule has 1 aliphatic rings. The molecule has 1 saturated heterocycles. The summed E-state index contributed by atoms with van der Waals surface area (Å²) >= 11 is 0. The fourth-order valence-corrected chi connectivity index (χ4v) is 2.32. The third-order valence-corrected chi connectivity index (χ3v) is 3.44. The summed E-state index contributed by atoms with van der Waals surface area (Å²) in [7, 11) is 0. The number of nitrogens with one attached hydrogen (secondary N) is 1. The van der Waals surface area contributed by atoms with E-state index in [1.54, 1.807) is 4.68 Å². The molecule has 0 spiro atoms. The van der Waals surface area contributed by atoms with Gasteiger partial charge in [-0.15, -0.1) is 5.10 Å². The predicted octanol–water partition coefficient (Wildman–Crippen LogP) is -1.10.